The molecule has 0 aliphatic rings. The highest BCUT2D eigenvalue weighted by atomic mass is 35.5. The molecule has 27 heavy (non-hydrogen) atoms. The number of nitrogens with zero attached hydrogens (tertiary/aromatic N) is 1. The lowest BCUT2D eigenvalue weighted by Crippen LogP contribution is -2.35. The SMILES string of the molecule is C[C@@H](OC(=O)[C@@H](C)Oc1ccc(F)cc1)C(=O)Nc1ccc(C#N)c(Cl)c1. The lowest BCUT2D eigenvalue weighted by Gasteiger charge is -2.18. The van der Waals surface area contributed by atoms with Crippen LogP contribution >= 0.6 is 11.6 Å². The molecule has 6 nitrogen and oxygen atoms in total. The molecule has 2 aromatic rings. The van der Waals surface area contributed by atoms with Crippen LogP contribution in [0, 0.1) is 17.1 Å². The number of benzene rings is 2. The lowest BCUT2D eigenvalue weighted by molar-refractivity contribution is -0.159. The number of halogens is 2. The summed E-state index contributed by atoms with van der Waals surface area (Å²) in [5, 5.41) is 11.6. The number of carbonyl (C=O) groups is 2. The van der Waals surface area contributed by atoms with E-state index >= 15 is 0 Å². The predicted molar refractivity (Wildman–Crippen MR) is 96.8 cm³/mol. The largest absolute Gasteiger partial charge is 0.479 e. The van der Waals surface area contributed by atoms with Crippen molar-refractivity contribution in [1.82, 2.24) is 0 Å². The minimum Gasteiger partial charge on any atom is -0.479 e. The quantitative estimate of drug-likeness (QED) is 0.760. The monoisotopic (exact) mass is 390 g/mol. The Balaban J connectivity index is 1.90. The van der Waals surface area contributed by atoms with E-state index in [0.29, 0.717) is 11.4 Å². The van der Waals surface area contributed by atoms with E-state index in [4.69, 9.17) is 26.3 Å². The Morgan fingerprint density at radius 3 is 2.41 bits per heavy atom. The summed E-state index contributed by atoms with van der Waals surface area (Å²) in [4.78, 5) is 24.2. The van der Waals surface area contributed by atoms with Crippen molar-refractivity contribution in [3.8, 4) is 11.8 Å². The minimum atomic E-state index is -1.09. The summed E-state index contributed by atoms with van der Waals surface area (Å²) < 4.78 is 23.3. The number of anilines is 1. The molecule has 8 heteroatoms. The van der Waals surface area contributed by atoms with Crippen molar-refractivity contribution in [2.45, 2.75) is 26.1 Å². The highest BCUT2D eigenvalue weighted by Crippen LogP contribution is 2.20. The summed E-state index contributed by atoms with van der Waals surface area (Å²) >= 11 is 5.91. The Bertz CT molecular complexity index is 880. The molecule has 1 N–H and O–H groups in total. The first kappa shape index (κ1) is 20.2. The molecular formula is C19H16ClFN2O4. The van der Waals surface area contributed by atoms with Crippen molar-refractivity contribution in [3.63, 3.8) is 0 Å². The van der Waals surface area contributed by atoms with Crippen molar-refractivity contribution < 1.29 is 23.5 Å². The van der Waals surface area contributed by atoms with Gasteiger partial charge in [-0.15, -0.1) is 0 Å². The van der Waals surface area contributed by atoms with E-state index in [2.05, 4.69) is 5.32 Å². The fourth-order valence-corrected chi connectivity index (χ4v) is 2.24. The molecule has 140 valence electrons. The number of nitrogens with one attached hydrogen (secondary N) is 1. The number of nitriles is 1. The molecule has 0 heterocycles. The van der Waals surface area contributed by atoms with Crippen molar-refractivity contribution >= 4 is 29.2 Å². The van der Waals surface area contributed by atoms with E-state index in [9.17, 15) is 14.0 Å². The van der Waals surface area contributed by atoms with Gasteiger partial charge in [-0.3, -0.25) is 4.79 Å². The third-order valence-electron chi connectivity index (χ3n) is 3.48. The predicted octanol–water partition coefficient (Wildman–Crippen LogP) is 3.69. The molecule has 1 amide bonds. The van der Waals surface area contributed by atoms with Crippen LogP contribution in [0.15, 0.2) is 42.5 Å². The van der Waals surface area contributed by atoms with Crippen LogP contribution in [0.2, 0.25) is 5.02 Å². The summed E-state index contributed by atoms with van der Waals surface area (Å²) in [5.74, 6) is -1.45. The van der Waals surface area contributed by atoms with Gasteiger partial charge in [-0.05, 0) is 56.3 Å². The second-order valence-electron chi connectivity index (χ2n) is 5.59. The van der Waals surface area contributed by atoms with Crippen LogP contribution in [0.3, 0.4) is 0 Å². The summed E-state index contributed by atoms with van der Waals surface area (Å²) in [6, 6.07) is 11.5. The van der Waals surface area contributed by atoms with Gasteiger partial charge in [-0.25, -0.2) is 9.18 Å². The van der Waals surface area contributed by atoms with Crippen LogP contribution in [-0.4, -0.2) is 24.1 Å². The topological polar surface area (TPSA) is 88.4 Å². The van der Waals surface area contributed by atoms with Crippen LogP contribution in [0.25, 0.3) is 0 Å². The van der Waals surface area contributed by atoms with E-state index < -0.39 is 29.9 Å². The molecule has 0 aliphatic carbocycles. The Kier molecular flexibility index (Phi) is 6.74. The first-order valence-corrected chi connectivity index (χ1v) is 8.31. The number of hydrogen-bond donors (Lipinski definition) is 1. The van der Waals surface area contributed by atoms with Gasteiger partial charge in [0.25, 0.3) is 5.91 Å². The third kappa shape index (κ3) is 5.69. The summed E-state index contributed by atoms with van der Waals surface area (Å²) in [5.41, 5.74) is 0.642. The van der Waals surface area contributed by atoms with Crippen molar-refractivity contribution in [2.24, 2.45) is 0 Å². The molecule has 0 saturated heterocycles. The molecule has 0 aromatic heterocycles. The maximum Gasteiger partial charge on any atom is 0.347 e. The Morgan fingerprint density at radius 2 is 1.81 bits per heavy atom. The lowest BCUT2D eigenvalue weighted by atomic mass is 10.2. The normalized spacial score (nSPS) is 12.4. The van der Waals surface area contributed by atoms with Gasteiger partial charge in [-0.1, -0.05) is 11.6 Å². The molecule has 0 saturated carbocycles. The zero-order valence-electron chi connectivity index (χ0n) is 14.5. The van der Waals surface area contributed by atoms with Gasteiger partial charge in [0.2, 0.25) is 0 Å². The highest BCUT2D eigenvalue weighted by Gasteiger charge is 2.23. The number of carbonyl (C=O) groups excluding carboxylic acids is 2. The van der Waals surface area contributed by atoms with E-state index in [1.165, 1.54) is 56.3 Å². The van der Waals surface area contributed by atoms with Gasteiger partial charge in [-0.2, -0.15) is 5.26 Å². The number of hydrogen-bond acceptors (Lipinski definition) is 5. The molecular weight excluding hydrogens is 375 g/mol. The maximum absolute atomic E-state index is 12.9. The summed E-state index contributed by atoms with van der Waals surface area (Å²) in [7, 11) is 0. The summed E-state index contributed by atoms with van der Waals surface area (Å²) in [6.45, 7) is 2.86. The van der Waals surface area contributed by atoms with Gasteiger partial charge in [0, 0.05) is 5.69 Å². The first-order valence-electron chi connectivity index (χ1n) is 7.93. The standard InChI is InChI=1S/C19H16ClFN2O4/c1-11(18(24)23-15-6-3-13(10-22)17(20)9-15)27-19(25)12(2)26-16-7-4-14(21)5-8-16/h3-9,11-12H,1-2H3,(H,23,24)/t11-,12-/m1/s1. The number of esters is 1. The molecule has 2 aromatic carbocycles. The molecule has 2 atom stereocenters. The van der Waals surface area contributed by atoms with Crippen LogP contribution in [0.1, 0.15) is 19.4 Å². The first-order chi connectivity index (χ1) is 12.8. The van der Waals surface area contributed by atoms with Crippen molar-refractivity contribution in [3.05, 3.63) is 58.9 Å². The van der Waals surface area contributed by atoms with E-state index in [1.807, 2.05) is 6.07 Å². The minimum absolute atomic E-state index is 0.196. The zero-order valence-corrected chi connectivity index (χ0v) is 15.3. The molecule has 0 radical (unpaired) electrons. The number of ether oxygens (including phenoxy) is 2. The van der Waals surface area contributed by atoms with Crippen LogP contribution in [0.5, 0.6) is 5.75 Å². The van der Waals surface area contributed by atoms with Gasteiger partial charge in [0.1, 0.15) is 17.6 Å². The van der Waals surface area contributed by atoms with Gasteiger partial charge < -0.3 is 14.8 Å². The Morgan fingerprint density at radius 1 is 1.15 bits per heavy atom. The maximum atomic E-state index is 12.9. The number of rotatable bonds is 6. The van der Waals surface area contributed by atoms with Crippen molar-refractivity contribution in [1.29, 1.82) is 5.26 Å². The van der Waals surface area contributed by atoms with Crippen LogP contribution in [0.4, 0.5) is 10.1 Å². The Hall–Kier alpha value is -3.11. The fraction of sp³-hybridized carbons (Fsp3) is 0.211. The van der Waals surface area contributed by atoms with Gasteiger partial charge in [0.05, 0.1) is 10.6 Å². The van der Waals surface area contributed by atoms with Crippen molar-refractivity contribution in [2.75, 3.05) is 5.32 Å². The smallest absolute Gasteiger partial charge is 0.347 e. The van der Waals surface area contributed by atoms with E-state index in [1.54, 1.807) is 0 Å². The second-order valence-corrected chi connectivity index (χ2v) is 6.00. The van der Waals surface area contributed by atoms with E-state index in [0.717, 1.165) is 0 Å². The highest BCUT2D eigenvalue weighted by molar-refractivity contribution is 6.32. The van der Waals surface area contributed by atoms with Gasteiger partial charge in [0.15, 0.2) is 12.2 Å². The van der Waals surface area contributed by atoms with E-state index in [-0.39, 0.29) is 10.6 Å². The third-order valence-corrected chi connectivity index (χ3v) is 3.79. The molecule has 0 fully saturated rings. The average Bonchev–Trinajstić information content (AvgIpc) is 2.63. The zero-order chi connectivity index (χ0) is 20.0. The average molecular weight is 391 g/mol. The second kappa shape index (κ2) is 9.01. The molecule has 0 spiro atoms. The van der Waals surface area contributed by atoms with Crippen LogP contribution in [-0.2, 0) is 14.3 Å². The Labute approximate surface area is 160 Å². The fourth-order valence-electron chi connectivity index (χ4n) is 2.02. The molecule has 0 aliphatic heterocycles. The molecule has 0 bridgehead atoms. The molecule has 2 rings (SSSR count). The molecule has 0 unspecified atom stereocenters. The summed E-state index contributed by atoms with van der Waals surface area (Å²) in [6.07, 6.45) is -2.08. The number of amides is 1. The van der Waals surface area contributed by atoms with Crippen LogP contribution < -0.4 is 10.1 Å². The van der Waals surface area contributed by atoms with Gasteiger partial charge >= 0.3 is 5.97 Å².